The molecule has 1 aromatic heterocycles. The average Bonchev–Trinajstić information content (AvgIpc) is 3.09. The Morgan fingerprint density at radius 1 is 0.844 bits per heavy atom. The van der Waals surface area contributed by atoms with Crippen LogP contribution in [-0.4, -0.2) is 29.5 Å². The highest BCUT2D eigenvalue weighted by Crippen LogP contribution is 2.27. The van der Waals surface area contributed by atoms with Gasteiger partial charge >= 0.3 is 0 Å². The van der Waals surface area contributed by atoms with Crippen molar-refractivity contribution >= 4 is 11.0 Å². The van der Waals surface area contributed by atoms with Crippen LogP contribution in [0.2, 0.25) is 0 Å². The standard InChI is InChI=1S/C27H30FN3O/c1-19-8-12-21(13-9-19)16-23(18-32-3)30-24-6-4-5-7-25(24)31(27(30)29)26(17-28)22-14-10-20(2)11-15-22/h4-15,23,26,29H,16-18H2,1-3H3. The zero-order chi connectivity index (χ0) is 22.7. The second kappa shape index (κ2) is 9.53. The quantitative estimate of drug-likeness (QED) is 0.392. The molecule has 4 rings (SSSR count). The summed E-state index contributed by atoms with van der Waals surface area (Å²) < 4.78 is 23.8. The SMILES string of the molecule is COCC(Cc1ccc(C)cc1)n1c(=N)n(C(CF)c2ccc(C)cc2)c2ccccc21. The number of hydrogen-bond acceptors (Lipinski definition) is 2. The number of aromatic nitrogens is 2. The summed E-state index contributed by atoms with van der Waals surface area (Å²) in [5, 5.41) is 9.11. The molecule has 4 nitrogen and oxygen atoms in total. The van der Waals surface area contributed by atoms with Gasteiger partial charge in [-0.3, -0.25) is 5.41 Å². The van der Waals surface area contributed by atoms with Gasteiger partial charge in [0.2, 0.25) is 5.62 Å². The van der Waals surface area contributed by atoms with Crippen LogP contribution in [0.4, 0.5) is 4.39 Å². The van der Waals surface area contributed by atoms with Gasteiger partial charge in [0, 0.05) is 7.11 Å². The molecule has 1 heterocycles. The summed E-state index contributed by atoms with van der Waals surface area (Å²) in [7, 11) is 1.68. The van der Waals surface area contributed by atoms with Gasteiger partial charge in [0.1, 0.15) is 6.67 Å². The lowest BCUT2D eigenvalue weighted by Gasteiger charge is -2.20. The summed E-state index contributed by atoms with van der Waals surface area (Å²) >= 11 is 0. The smallest absolute Gasteiger partial charge is 0.204 e. The highest BCUT2D eigenvalue weighted by atomic mass is 19.1. The number of ether oxygens (including phenoxy) is 1. The van der Waals surface area contributed by atoms with Crippen LogP contribution in [-0.2, 0) is 11.2 Å². The van der Waals surface area contributed by atoms with Crippen molar-refractivity contribution in [2.75, 3.05) is 20.4 Å². The normalized spacial score (nSPS) is 13.4. The van der Waals surface area contributed by atoms with Crippen molar-refractivity contribution in [3.63, 3.8) is 0 Å². The van der Waals surface area contributed by atoms with Gasteiger partial charge in [-0.1, -0.05) is 71.8 Å². The molecule has 0 saturated carbocycles. The highest BCUT2D eigenvalue weighted by Gasteiger charge is 2.24. The average molecular weight is 432 g/mol. The fraction of sp³-hybridized carbons (Fsp3) is 0.296. The molecule has 4 aromatic rings. The molecule has 0 amide bonds. The Balaban J connectivity index is 1.86. The molecule has 0 saturated heterocycles. The minimum Gasteiger partial charge on any atom is -0.383 e. The number of imidazole rings is 1. The van der Waals surface area contributed by atoms with E-state index in [2.05, 4.69) is 31.2 Å². The number of benzene rings is 3. The maximum absolute atomic E-state index is 14.4. The van der Waals surface area contributed by atoms with E-state index in [4.69, 9.17) is 10.1 Å². The lowest BCUT2D eigenvalue weighted by Crippen LogP contribution is -2.33. The number of methoxy groups -OCH3 is 1. The Labute approximate surface area is 188 Å². The topological polar surface area (TPSA) is 42.9 Å². The Bertz CT molecular complexity index is 1240. The molecular weight excluding hydrogens is 401 g/mol. The molecule has 166 valence electrons. The molecule has 0 bridgehead atoms. The van der Waals surface area contributed by atoms with Gasteiger partial charge in [-0.2, -0.15) is 0 Å². The molecule has 0 radical (unpaired) electrons. The van der Waals surface area contributed by atoms with Gasteiger partial charge in [0.05, 0.1) is 29.7 Å². The molecular formula is C27H30FN3O. The summed E-state index contributed by atoms with van der Waals surface area (Å²) in [5.41, 5.74) is 6.43. The maximum Gasteiger partial charge on any atom is 0.204 e. The summed E-state index contributed by atoms with van der Waals surface area (Å²) in [6.07, 6.45) is 0.726. The predicted octanol–water partition coefficient (Wildman–Crippen LogP) is 5.53. The first kappa shape index (κ1) is 22.0. The third kappa shape index (κ3) is 4.26. The van der Waals surface area contributed by atoms with Crippen molar-refractivity contribution in [1.82, 2.24) is 9.13 Å². The molecule has 2 atom stereocenters. The molecule has 0 aliphatic carbocycles. The fourth-order valence-corrected chi connectivity index (χ4v) is 4.41. The van der Waals surface area contributed by atoms with E-state index in [1.807, 2.05) is 64.6 Å². The van der Waals surface area contributed by atoms with E-state index in [1.54, 1.807) is 7.11 Å². The summed E-state index contributed by atoms with van der Waals surface area (Å²) in [4.78, 5) is 0. The highest BCUT2D eigenvalue weighted by molar-refractivity contribution is 5.76. The fourth-order valence-electron chi connectivity index (χ4n) is 4.41. The van der Waals surface area contributed by atoms with Crippen LogP contribution in [0.5, 0.6) is 0 Å². The largest absolute Gasteiger partial charge is 0.383 e. The van der Waals surface area contributed by atoms with Gasteiger partial charge < -0.3 is 13.9 Å². The van der Waals surface area contributed by atoms with E-state index in [0.29, 0.717) is 6.61 Å². The van der Waals surface area contributed by atoms with Crippen LogP contribution in [0, 0.1) is 19.3 Å². The Kier molecular flexibility index (Phi) is 6.56. The molecule has 3 aromatic carbocycles. The molecule has 0 aliphatic heterocycles. The van der Waals surface area contributed by atoms with Crippen LogP contribution >= 0.6 is 0 Å². The van der Waals surface area contributed by atoms with E-state index in [9.17, 15) is 4.39 Å². The molecule has 32 heavy (non-hydrogen) atoms. The molecule has 1 N–H and O–H groups in total. The van der Waals surface area contributed by atoms with Crippen molar-refractivity contribution in [3.05, 3.63) is 101 Å². The Morgan fingerprint density at radius 2 is 1.41 bits per heavy atom. The summed E-state index contributed by atoms with van der Waals surface area (Å²) in [6, 6.07) is 23.6. The third-order valence-electron chi connectivity index (χ3n) is 6.09. The number of halogens is 1. The second-order valence-electron chi connectivity index (χ2n) is 8.43. The number of aryl methyl sites for hydroxylation is 2. The van der Waals surface area contributed by atoms with Crippen molar-refractivity contribution in [2.45, 2.75) is 32.4 Å². The minimum absolute atomic E-state index is 0.0837. The first-order valence-corrected chi connectivity index (χ1v) is 11.0. The lowest BCUT2D eigenvalue weighted by molar-refractivity contribution is 0.153. The van der Waals surface area contributed by atoms with Gasteiger partial charge in [-0.25, -0.2) is 4.39 Å². The number of nitrogens with zero attached hydrogens (tertiary/aromatic N) is 2. The monoisotopic (exact) mass is 431 g/mol. The van der Waals surface area contributed by atoms with Crippen LogP contribution in [0.15, 0.2) is 72.8 Å². The minimum atomic E-state index is -0.583. The number of nitrogens with one attached hydrogen (secondary N) is 1. The van der Waals surface area contributed by atoms with E-state index >= 15 is 0 Å². The Hall–Kier alpha value is -3.18. The van der Waals surface area contributed by atoms with Crippen LogP contribution in [0.3, 0.4) is 0 Å². The van der Waals surface area contributed by atoms with E-state index in [-0.39, 0.29) is 11.7 Å². The zero-order valence-electron chi connectivity index (χ0n) is 18.9. The van der Waals surface area contributed by atoms with Gasteiger partial charge in [-0.15, -0.1) is 0 Å². The predicted molar refractivity (Wildman–Crippen MR) is 127 cm³/mol. The number of para-hydroxylation sites is 2. The summed E-state index contributed by atoms with van der Waals surface area (Å²) in [5.74, 6) is 0. The second-order valence-corrected chi connectivity index (χ2v) is 8.43. The number of fused-ring (bicyclic) bond motifs is 1. The van der Waals surface area contributed by atoms with Crippen molar-refractivity contribution in [1.29, 1.82) is 5.41 Å². The van der Waals surface area contributed by atoms with E-state index in [1.165, 1.54) is 11.1 Å². The third-order valence-corrected chi connectivity index (χ3v) is 6.09. The zero-order valence-corrected chi connectivity index (χ0v) is 18.9. The molecule has 0 aliphatic rings. The molecule has 0 spiro atoms. The van der Waals surface area contributed by atoms with E-state index < -0.39 is 12.7 Å². The molecule has 2 unspecified atom stereocenters. The van der Waals surface area contributed by atoms with Crippen LogP contribution in [0.1, 0.15) is 34.3 Å². The number of alkyl halides is 1. The summed E-state index contributed by atoms with van der Waals surface area (Å²) in [6.45, 7) is 3.97. The van der Waals surface area contributed by atoms with Crippen LogP contribution < -0.4 is 5.62 Å². The van der Waals surface area contributed by atoms with Gasteiger partial charge in [0.25, 0.3) is 0 Å². The van der Waals surface area contributed by atoms with Crippen LogP contribution in [0.25, 0.3) is 11.0 Å². The van der Waals surface area contributed by atoms with Crippen molar-refractivity contribution in [2.24, 2.45) is 0 Å². The molecule has 5 heteroatoms. The van der Waals surface area contributed by atoms with Gasteiger partial charge in [-0.05, 0) is 43.5 Å². The van der Waals surface area contributed by atoms with Crippen molar-refractivity contribution < 1.29 is 9.13 Å². The lowest BCUT2D eigenvalue weighted by atomic mass is 10.0. The number of hydrogen-bond donors (Lipinski definition) is 1. The van der Waals surface area contributed by atoms with E-state index in [0.717, 1.165) is 28.6 Å². The van der Waals surface area contributed by atoms with Crippen molar-refractivity contribution in [3.8, 4) is 0 Å². The van der Waals surface area contributed by atoms with Gasteiger partial charge in [0.15, 0.2) is 0 Å². The first-order valence-electron chi connectivity index (χ1n) is 11.0. The number of rotatable bonds is 8. The maximum atomic E-state index is 14.4. The Morgan fingerprint density at radius 3 is 1.97 bits per heavy atom. The molecule has 0 fully saturated rings. The first-order chi connectivity index (χ1) is 15.5.